The molecular formula is C120H94BBrO2. The summed E-state index contributed by atoms with van der Waals surface area (Å²) in [5, 5.41) is 17.7. The SMILES string of the molecule is Brc1ccc2ccc(-c3c4ccccc4c(-c4cccc5ccccc45)c4ccccc34)cc2c1.C.C.CC1(C)OB(c2cccc(-c3cccc(-c4cccc(-c5ccccc5)c4)c3)c2)OC1(C)C.c1ccc(-c2cccc(-c3cccc(-c4cccc(-c5ccc6cc(-c7c8ccccc8c(-c8ccccc8)c8ccccc78)ccc6c5)c4)c3)c2)cc1. The Morgan fingerprint density at radius 1 is 0.185 bits per heavy atom. The number of hydrogen-bond donors (Lipinski definition) is 0. The first-order chi connectivity index (χ1) is 59.9. The predicted octanol–water partition coefficient (Wildman–Crippen LogP) is 33.8. The molecule has 1 aliphatic rings. The van der Waals surface area contributed by atoms with Crippen molar-refractivity contribution in [3.05, 3.63) is 453 Å². The van der Waals surface area contributed by atoms with E-state index in [-0.39, 0.29) is 33.2 Å². The van der Waals surface area contributed by atoms with Crippen LogP contribution < -0.4 is 5.46 Å². The molecule has 1 saturated heterocycles. The Balaban J connectivity index is 0.000000131. The standard InChI is InChI=1S/C54H36.C34H21Br.C30H29BO2.2CH4/c1-3-14-37(15-4-1)39-18-11-19-40(32-39)41-20-12-21-42(33-41)43-22-13-23-44(34-43)45-28-29-47-36-48(31-30-46(47)35-45)54-51-26-9-7-24-49(51)53(38-16-5-2-6-17-38)50-25-8-10-27-52(50)54;35-26-19-18-22-16-17-24(20-25(22)21-26)33-29-11-3-5-13-31(29)34(32-14-6-4-12-30(32)33)28-15-7-9-23-8-1-2-10-27(23)28;1-29(2)30(3,4)33-31(32-29)28-18-10-17-27(21-28)26-16-9-15-25(20-26)24-14-8-13-23(19-24)22-11-6-5-7-12-22;;/h1-36H;1-21H;5-21H,1-4H3;2*1H4. The van der Waals surface area contributed by atoms with Crippen LogP contribution in [-0.4, -0.2) is 18.3 Å². The monoisotopic (exact) mass is 1660 g/mol. The molecule has 0 radical (unpaired) electrons. The van der Waals surface area contributed by atoms with Crippen LogP contribution in [0.25, 0.3) is 198 Å². The molecular weight excluding hydrogens is 1560 g/mol. The van der Waals surface area contributed by atoms with Crippen molar-refractivity contribution in [3.63, 3.8) is 0 Å². The van der Waals surface area contributed by atoms with Crippen molar-refractivity contribution in [1.82, 2.24) is 0 Å². The highest BCUT2D eigenvalue weighted by Crippen LogP contribution is 2.49. The fourth-order valence-corrected chi connectivity index (χ4v) is 18.4. The highest BCUT2D eigenvalue weighted by atomic mass is 79.9. The van der Waals surface area contributed by atoms with Gasteiger partial charge < -0.3 is 9.31 Å². The summed E-state index contributed by atoms with van der Waals surface area (Å²) in [7, 11) is -0.360. The molecule has 1 aliphatic heterocycles. The van der Waals surface area contributed by atoms with Crippen LogP contribution in [0.15, 0.2) is 453 Å². The van der Waals surface area contributed by atoms with Gasteiger partial charge in [-0.25, -0.2) is 0 Å². The van der Waals surface area contributed by atoms with Gasteiger partial charge in [-0.15, -0.1) is 0 Å². The van der Waals surface area contributed by atoms with Crippen LogP contribution in [-0.2, 0) is 9.31 Å². The van der Waals surface area contributed by atoms with Crippen LogP contribution in [0.3, 0.4) is 0 Å². The lowest BCUT2D eigenvalue weighted by atomic mass is 9.78. The van der Waals surface area contributed by atoms with Gasteiger partial charge in [-0.3, -0.25) is 0 Å². The highest BCUT2D eigenvalue weighted by molar-refractivity contribution is 9.10. The van der Waals surface area contributed by atoms with E-state index in [1.54, 1.807) is 0 Å². The molecule has 0 atom stereocenters. The zero-order valence-electron chi connectivity index (χ0n) is 68.5. The highest BCUT2D eigenvalue weighted by Gasteiger charge is 2.51. The Kier molecular flexibility index (Phi) is 22.7. The summed E-state index contributed by atoms with van der Waals surface area (Å²) in [5.74, 6) is 0. The Hall–Kier alpha value is -14.1. The topological polar surface area (TPSA) is 18.5 Å². The molecule has 0 N–H and O–H groups in total. The maximum absolute atomic E-state index is 6.27. The Bertz CT molecular complexity index is 7400. The van der Waals surface area contributed by atoms with Crippen molar-refractivity contribution in [2.75, 3.05) is 0 Å². The summed E-state index contributed by atoms with van der Waals surface area (Å²) in [6, 6.07) is 162. The molecule has 0 bridgehead atoms. The van der Waals surface area contributed by atoms with E-state index in [4.69, 9.17) is 9.31 Å². The third kappa shape index (κ3) is 16.0. The second-order valence-corrected chi connectivity index (χ2v) is 33.8. The zero-order valence-corrected chi connectivity index (χ0v) is 70.1. The number of benzene rings is 21. The zero-order chi connectivity index (χ0) is 82.3. The second kappa shape index (κ2) is 34.8. The van der Waals surface area contributed by atoms with Crippen LogP contribution >= 0.6 is 15.9 Å². The maximum atomic E-state index is 6.27. The minimum atomic E-state index is -0.360. The van der Waals surface area contributed by atoms with Gasteiger partial charge in [-0.2, -0.15) is 0 Å². The first kappa shape index (κ1) is 80.9. The van der Waals surface area contributed by atoms with Crippen molar-refractivity contribution in [2.24, 2.45) is 0 Å². The molecule has 596 valence electrons. The van der Waals surface area contributed by atoms with Gasteiger partial charge in [0.1, 0.15) is 0 Å². The van der Waals surface area contributed by atoms with Crippen molar-refractivity contribution in [3.8, 4) is 122 Å². The molecule has 1 fully saturated rings. The van der Waals surface area contributed by atoms with Gasteiger partial charge in [0.2, 0.25) is 0 Å². The summed E-state index contributed by atoms with van der Waals surface area (Å²) in [6.45, 7) is 8.35. The van der Waals surface area contributed by atoms with Gasteiger partial charge in [0.05, 0.1) is 11.2 Å². The Morgan fingerprint density at radius 2 is 0.452 bits per heavy atom. The van der Waals surface area contributed by atoms with Crippen LogP contribution in [0.4, 0.5) is 0 Å². The van der Waals surface area contributed by atoms with Gasteiger partial charge >= 0.3 is 7.12 Å². The maximum Gasteiger partial charge on any atom is 0.494 e. The van der Waals surface area contributed by atoms with E-state index in [9.17, 15) is 0 Å². The molecule has 0 aliphatic carbocycles. The lowest BCUT2D eigenvalue weighted by Gasteiger charge is -2.32. The van der Waals surface area contributed by atoms with Crippen LogP contribution in [0.5, 0.6) is 0 Å². The molecule has 22 rings (SSSR count). The minimum absolute atomic E-state index is 0. The van der Waals surface area contributed by atoms with E-state index in [0.29, 0.717) is 0 Å². The Labute approximate surface area is 737 Å². The molecule has 21 aromatic carbocycles. The molecule has 1 heterocycles. The van der Waals surface area contributed by atoms with E-state index in [0.717, 1.165) is 15.5 Å². The molecule has 0 spiro atoms. The average molecular weight is 1660 g/mol. The summed E-state index contributed by atoms with van der Waals surface area (Å²) in [6.07, 6.45) is 0. The number of hydrogen-bond acceptors (Lipinski definition) is 2. The van der Waals surface area contributed by atoms with Gasteiger partial charge in [-0.05, 0) is 292 Å². The third-order valence-corrected chi connectivity index (χ3v) is 25.3. The summed E-state index contributed by atoms with van der Waals surface area (Å²) >= 11 is 3.65. The molecule has 0 unspecified atom stereocenters. The molecule has 2 nitrogen and oxygen atoms in total. The van der Waals surface area contributed by atoms with Crippen molar-refractivity contribution < 1.29 is 9.31 Å². The molecule has 0 amide bonds. The molecule has 0 aromatic heterocycles. The van der Waals surface area contributed by atoms with E-state index in [1.807, 2.05) is 0 Å². The first-order valence-corrected chi connectivity index (χ1v) is 42.9. The van der Waals surface area contributed by atoms with Gasteiger partial charge in [0.15, 0.2) is 0 Å². The normalized spacial score (nSPS) is 12.6. The van der Waals surface area contributed by atoms with E-state index in [2.05, 4.69) is 493 Å². The largest absolute Gasteiger partial charge is 0.494 e. The van der Waals surface area contributed by atoms with Crippen LogP contribution in [0.1, 0.15) is 42.5 Å². The summed E-state index contributed by atoms with van der Waals surface area (Å²) in [4.78, 5) is 0. The van der Waals surface area contributed by atoms with Crippen molar-refractivity contribution in [1.29, 1.82) is 0 Å². The molecule has 4 heteroatoms. The first-order valence-electron chi connectivity index (χ1n) is 42.1. The molecule has 124 heavy (non-hydrogen) atoms. The minimum Gasteiger partial charge on any atom is -0.399 e. The summed E-state index contributed by atoms with van der Waals surface area (Å²) < 4.78 is 13.6. The van der Waals surface area contributed by atoms with Crippen molar-refractivity contribution in [2.45, 2.75) is 53.8 Å². The fourth-order valence-electron chi connectivity index (χ4n) is 18.0. The lowest BCUT2D eigenvalue weighted by Crippen LogP contribution is -2.41. The van der Waals surface area contributed by atoms with Crippen molar-refractivity contribution >= 4 is 104 Å². The smallest absolute Gasteiger partial charge is 0.399 e. The summed E-state index contributed by atoms with van der Waals surface area (Å²) in [5.41, 5.74) is 27.5. The van der Waals surface area contributed by atoms with E-state index < -0.39 is 0 Å². The molecule has 0 saturated carbocycles. The second-order valence-electron chi connectivity index (χ2n) is 32.9. The number of rotatable bonds is 12. The number of halogens is 1. The Morgan fingerprint density at radius 3 is 0.863 bits per heavy atom. The predicted molar refractivity (Wildman–Crippen MR) is 539 cm³/mol. The van der Waals surface area contributed by atoms with Crippen LogP contribution in [0.2, 0.25) is 0 Å². The lowest BCUT2D eigenvalue weighted by molar-refractivity contribution is 0.00578. The van der Waals surface area contributed by atoms with Gasteiger partial charge in [-0.1, -0.05) is 419 Å². The molecule has 21 aromatic rings. The van der Waals surface area contributed by atoms with E-state index >= 15 is 0 Å². The fraction of sp³-hybridized carbons (Fsp3) is 0.0667. The number of fused-ring (bicyclic) bond motifs is 7. The van der Waals surface area contributed by atoms with Crippen LogP contribution in [0, 0.1) is 0 Å². The average Bonchev–Trinajstić information content (AvgIpc) is 0.928. The quantitative estimate of drug-likeness (QED) is 0.0897. The third-order valence-electron chi connectivity index (χ3n) is 24.8. The van der Waals surface area contributed by atoms with Gasteiger partial charge in [0, 0.05) is 4.47 Å². The van der Waals surface area contributed by atoms with Gasteiger partial charge in [0.25, 0.3) is 0 Å². The van der Waals surface area contributed by atoms with E-state index in [1.165, 1.54) is 192 Å².